The van der Waals surface area contributed by atoms with Crippen molar-refractivity contribution >= 4 is 11.9 Å². The van der Waals surface area contributed by atoms with Crippen LogP contribution in [-0.2, 0) is 14.3 Å². The fourth-order valence-corrected chi connectivity index (χ4v) is 6.98. The second-order valence-corrected chi connectivity index (χ2v) is 16.2. The van der Waals surface area contributed by atoms with E-state index in [1.54, 1.807) is 0 Å². The van der Waals surface area contributed by atoms with E-state index in [1.807, 2.05) is 12.2 Å². The smallest absolute Gasteiger partial charge is 0.306 e. The first-order valence-electron chi connectivity index (χ1n) is 24.1. The molecule has 0 saturated heterocycles. The molecule has 0 saturated carbocycles. The molecule has 1 amide bonds. The van der Waals surface area contributed by atoms with Gasteiger partial charge < -0.3 is 20.3 Å². The molecule has 0 spiro atoms. The molecule has 3 unspecified atom stereocenters. The molecule has 0 fully saturated rings. The molecule has 0 aliphatic carbocycles. The van der Waals surface area contributed by atoms with Gasteiger partial charge in [0.05, 0.1) is 25.2 Å². The summed E-state index contributed by atoms with van der Waals surface area (Å²) in [6.45, 7) is 6.30. The standard InChI is InChI=1S/C51H91NO5/c1-4-7-10-13-16-19-22-24-26-28-31-34-37-40-43-49(54)48(46-53)52-50(55)45-47(42-39-36-33-30-27-21-18-15-12-9-6-3)57-51(56)44-41-38-35-32-29-25-23-20-17-14-11-8-5-2/h8,11,14,17,20,23,30,33,39,42,47-49,53-54H,4-7,9-10,12-13,15-16,18-19,21-22,24-29,31-32,34-38,40-41,43-46H2,1-3H3,(H,52,55)/b11-8+,17-14+,23-20-,33-30-,42-39+. The van der Waals surface area contributed by atoms with Gasteiger partial charge in [0.1, 0.15) is 6.10 Å². The summed E-state index contributed by atoms with van der Waals surface area (Å²) in [6, 6.07) is -0.736. The van der Waals surface area contributed by atoms with E-state index >= 15 is 0 Å². The Morgan fingerprint density at radius 3 is 1.60 bits per heavy atom. The first-order chi connectivity index (χ1) is 28.0. The maximum absolute atomic E-state index is 13.1. The predicted octanol–water partition coefficient (Wildman–Crippen LogP) is 14.1. The SMILES string of the molecule is CC/C=C/C=C/C=C\CCCCCCCC(=O)OC(/C=C/C/C=C\CCCCCCCC)CC(=O)NC(CO)C(O)CCCCCCCCCCCCCCCC. The van der Waals surface area contributed by atoms with Crippen molar-refractivity contribution in [2.75, 3.05) is 6.61 Å². The highest BCUT2D eigenvalue weighted by Gasteiger charge is 2.23. The topological polar surface area (TPSA) is 95.9 Å². The summed E-state index contributed by atoms with van der Waals surface area (Å²) in [6.07, 6.45) is 54.5. The van der Waals surface area contributed by atoms with E-state index in [1.165, 1.54) is 109 Å². The van der Waals surface area contributed by atoms with Crippen molar-refractivity contribution in [2.24, 2.45) is 0 Å². The zero-order chi connectivity index (χ0) is 41.7. The van der Waals surface area contributed by atoms with Crippen molar-refractivity contribution in [1.29, 1.82) is 0 Å². The molecule has 0 aliphatic rings. The van der Waals surface area contributed by atoms with Crippen LogP contribution in [0.1, 0.15) is 226 Å². The van der Waals surface area contributed by atoms with Crippen LogP contribution in [0.4, 0.5) is 0 Å². The van der Waals surface area contributed by atoms with E-state index in [-0.39, 0.29) is 24.9 Å². The van der Waals surface area contributed by atoms with E-state index in [0.29, 0.717) is 19.3 Å². The lowest BCUT2D eigenvalue weighted by atomic mass is 10.0. The number of ether oxygens (including phenoxy) is 1. The lowest BCUT2D eigenvalue weighted by Crippen LogP contribution is -2.46. The first kappa shape index (κ1) is 54.6. The van der Waals surface area contributed by atoms with Crippen LogP contribution in [0.5, 0.6) is 0 Å². The van der Waals surface area contributed by atoms with Gasteiger partial charge in [0.15, 0.2) is 0 Å². The zero-order valence-electron chi connectivity index (χ0n) is 37.5. The van der Waals surface area contributed by atoms with Gasteiger partial charge >= 0.3 is 5.97 Å². The van der Waals surface area contributed by atoms with Crippen LogP contribution >= 0.6 is 0 Å². The van der Waals surface area contributed by atoms with Crippen molar-refractivity contribution in [1.82, 2.24) is 5.32 Å². The largest absolute Gasteiger partial charge is 0.458 e. The third-order valence-corrected chi connectivity index (χ3v) is 10.6. The number of hydrogen-bond acceptors (Lipinski definition) is 5. The molecule has 6 heteroatoms. The number of nitrogens with one attached hydrogen (secondary N) is 1. The average molecular weight is 798 g/mol. The van der Waals surface area contributed by atoms with Crippen molar-refractivity contribution in [2.45, 2.75) is 244 Å². The van der Waals surface area contributed by atoms with Crippen LogP contribution in [0, 0.1) is 0 Å². The van der Waals surface area contributed by atoms with Gasteiger partial charge in [-0.05, 0) is 57.4 Å². The van der Waals surface area contributed by atoms with Crippen LogP contribution < -0.4 is 5.32 Å². The fraction of sp³-hybridized carbons (Fsp3) is 0.765. The van der Waals surface area contributed by atoms with Crippen molar-refractivity contribution in [3.8, 4) is 0 Å². The number of esters is 1. The highest BCUT2D eigenvalue weighted by Crippen LogP contribution is 2.16. The Labute approximate surface area is 352 Å². The molecule has 3 N–H and O–H groups in total. The Morgan fingerprint density at radius 1 is 0.561 bits per heavy atom. The minimum absolute atomic E-state index is 0.0383. The quantitative estimate of drug-likeness (QED) is 0.0247. The van der Waals surface area contributed by atoms with Gasteiger partial charge in [-0.25, -0.2) is 0 Å². The monoisotopic (exact) mass is 798 g/mol. The average Bonchev–Trinajstić information content (AvgIpc) is 3.20. The zero-order valence-corrected chi connectivity index (χ0v) is 37.5. The minimum atomic E-state index is -0.814. The van der Waals surface area contributed by atoms with Gasteiger partial charge in [-0.1, -0.05) is 217 Å². The Kier molecular flexibility index (Phi) is 42.7. The molecule has 0 radical (unpaired) electrons. The highest BCUT2D eigenvalue weighted by atomic mass is 16.5. The second kappa shape index (κ2) is 44.7. The summed E-state index contributed by atoms with van der Waals surface area (Å²) < 4.78 is 5.80. The molecule has 0 aromatic rings. The van der Waals surface area contributed by atoms with Gasteiger partial charge in [0, 0.05) is 6.42 Å². The summed E-state index contributed by atoms with van der Waals surface area (Å²) in [4.78, 5) is 25.9. The van der Waals surface area contributed by atoms with Gasteiger partial charge in [-0.15, -0.1) is 0 Å². The molecular formula is C51H91NO5. The molecule has 0 bridgehead atoms. The van der Waals surface area contributed by atoms with E-state index < -0.39 is 18.2 Å². The number of rotatable bonds is 42. The molecule has 6 nitrogen and oxygen atoms in total. The molecule has 57 heavy (non-hydrogen) atoms. The molecule has 0 aromatic carbocycles. The van der Waals surface area contributed by atoms with Crippen LogP contribution in [0.2, 0.25) is 0 Å². The molecule has 3 atom stereocenters. The van der Waals surface area contributed by atoms with E-state index in [9.17, 15) is 19.8 Å². The van der Waals surface area contributed by atoms with Gasteiger partial charge in [0.25, 0.3) is 0 Å². The molecule has 0 heterocycles. The molecule has 0 rings (SSSR count). The maximum atomic E-state index is 13.1. The summed E-state index contributed by atoms with van der Waals surface area (Å²) in [5.74, 6) is -0.628. The fourth-order valence-electron chi connectivity index (χ4n) is 6.98. The molecule has 0 aliphatic heterocycles. The Bertz CT molecular complexity index is 1030. The van der Waals surface area contributed by atoms with Gasteiger partial charge in [0.2, 0.25) is 5.91 Å². The molecule has 330 valence electrons. The summed E-state index contributed by atoms with van der Waals surface area (Å²) in [5.41, 5.74) is 0. The normalized spacial score (nSPS) is 13.8. The number of carbonyl (C=O) groups excluding carboxylic acids is 2. The van der Waals surface area contributed by atoms with Gasteiger partial charge in [-0.2, -0.15) is 0 Å². The molecule has 0 aromatic heterocycles. The number of allylic oxidation sites excluding steroid dienone is 9. The Hall–Kier alpha value is -2.44. The molecular weight excluding hydrogens is 707 g/mol. The maximum Gasteiger partial charge on any atom is 0.306 e. The lowest BCUT2D eigenvalue weighted by molar-refractivity contribution is -0.148. The van der Waals surface area contributed by atoms with E-state index in [2.05, 4.69) is 74.7 Å². The summed E-state index contributed by atoms with van der Waals surface area (Å²) in [5, 5.41) is 23.6. The second-order valence-electron chi connectivity index (χ2n) is 16.2. The van der Waals surface area contributed by atoms with Gasteiger partial charge in [-0.3, -0.25) is 9.59 Å². The first-order valence-corrected chi connectivity index (χ1v) is 24.1. The van der Waals surface area contributed by atoms with Crippen LogP contribution in [0.3, 0.4) is 0 Å². The Balaban J connectivity index is 4.65. The number of aliphatic hydroxyl groups excluding tert-OH is 2. The summed E-state index contributed by atoms with van der Waals surface area (Å²) >= 11 is 0. The number of hydrogen-bond donors (Lipinski definition) is 3. The highest BCUT2D eigenvalue weighted by molar-refractivity contribution is 5.78. The van der Waals surface area contributed by atoms with E-state index in [0.717, 1.165) is 70.6 Å². The third kappa shape index (κ3) is 40.1. The predicted molar refractivity (Wildman–Crippen MR) is 245 cm³/mol. The third-order valence-electron chi connectivity index (χ3n) is 10.6. The van der Waals surface area contributed by atoms with Crippen molar-refractivity contribution < 1.29 is 24.5 Å². The number of aliphatic hydroxyl groups is 2. The summed E-state index contributed by atoms with van der Waals surface area (Å²) in [7, 11) is 0. The van der Waals surface area contributed by atoms with Crippen LogP contribution in [0.25, 0.3) is 0 Å². The Morgan fingerprint density at radius 2 is 1.05 bits per heavy atom. The van der Waals surface area contributed by atoms with E-state index in [4.69, 9.17) is 4.74 Å². The number of carbonyl (C=O) groups is 2. The number of amides is 1. The lowest BCUT2D eigenvalue weighted by Gasteiger charge is -2.23. The van der Waals surface area contributed by atoms with Crippen molar-refractivity contribution in [3.05, 3.63) is 60.8 Å². The van der Waals surface area contributed by atoms with Crippen molar-refractivity contribution in [3.63, 3.8) is 0 Å². The van der Waals surface area contributed by atoms with Crippen LogP contribution in [0.15, 0.2) is 60.8 Å². The number of unbranched alkanes of at least 4 members (excludes halogenated alkanes) is 24. The van der Waals surface area contributed by atoms with Crippen LogP contribution in [-0.4, -0.2) is 46.9 Å². The minimum Gasteiger partial charge on any atom is -0.458 e.